The van der Waals surface area contributed by atoms with Crippen molar-refractivity contribution < 1.29 is 9.05 Å². The van der Waals surface area contributed by atoms with Crippen molar-refractivity contribution in [2.75, 3.05) is 18.0 Å². The zero-order valence-corrected chi connectivity index (χ0v) is 16.7. The summed E-state index contributed by atoms with van der Waals surface area (Å²) < 4.78 is 11.9. The van der Waals surface area contributed by atoms with Crippen molar-refractivity contribution in [2.24, 2.45) is 11.8 Å². The molecule has 152 valence electrons. The quantitative estimate of drug-likeness (QED) is 0.484. The van der Waals surface area contributed by atoms with Gasteiger partial charge in [0.1, 0.15) is 24.1 Å². The van der Waals surface area contributed by atoms with Gasteiger partial charge < -0.3 is 13.9 Å². The van der Waals surface area contributed by atoms with E-state index in [1.807, 2.05) is 6.07 Å². The monoisotopic (exact) mass is 425 g/mol. The fraction of sp³-hybridized carbons (Fsp3) is 0.368. The minimum atomic E-state index is -0.244. The number of fused-ring (bicyclic) bond motifs is 2. The standard InChI is InChI=1S/C19H16ClN7O3/c1-9-15-18(30-24-9)22-8-27(19(15)28)7-14-23-17(25-29-14)16-11-5-26(6-12(11)16)13-4-10(20)2-3-21-13/h2-4,8,11-12,16H,5-7H2,1H3/t11-,12+,16+. The van der Waals surface area contributed by atoms with E-state index in [4.69, 9.17) is 20.6 Å². The predicted octanol–water partition coefficient (Wildman–Crippen LogP) is 2.02. The van der Waals surface area contributed by atoms with Crippen LogP contribution in [0.15, 0.2) is 38.5 Å². The van der Waals surface area contributed by atoms with Gasteiger partial charge in [0.15, 0.2) is 5.82 Å². The molecule has 5 heterocycles. The average molecular weight is 426 g/mol. The molecule has 1 saturated carbocycles. The molecule has 4 aromatic rings. The number of anilines is 1. The van der Waals surface area contributed by atoms with E-state index in [1.54, 1.807) is 19.2 Å². The molecule has 3 atom stereocenters. The molecule has 1 aliphatic carbocycles. The zero-order valence-electron chi connectivity index (χ0n) is 15.9. The van der Waals surface area contributed by atoms with E-state index in [2.05, 4.69) is 30.2 Å². The van der Waals surface area contributed by atoms with Gasteiger partial charge in [0.2, 0.25) is 5.89 Å². The molecule has 0 spiro atoms. The van der Waals surface area contributed by atoms with Crippen LogP contribution >= 0.6 is 11.6 Å². The van der Waals surface area contributed by atoms with Gasteiger partial charge in [-0.2, -0.15) is 4.98 Å². The van der Waals surface area contributed by atoms with E-state index in [9.17, 15) is 4.79 Å². The lowest BCUT2D eigenvalue weighted by atomic mass is 10.2. The van der Waals surface area contributed by atoms with Crippen molar-refractivity contribution in [2.45, 2.75) is 19.4 Å². The third kappa shape index (κ3) is 2.71. The minimum absolute atomic E-state index is 0.153. The van der Waals surface area contributed by atoms with Gasteiger partial charge >= 0.3 is 0 Å². The highest BCUT2D eigenvalue weighted by Crippen LogP contribution is 2.57. The normalized spacial score (nSPS) is 22.6. The maximum Gasteiger partial charge on any atom is 0.267 e. The number of aromatic nitrogens is 6. The summed E-state index contributed by atoms with van der Waals surface area (Å²) in [4.78, 5) is 27.9. The number of piperidine rings is 1. The van der Waals surface area contributed by atoms with Crippen molar-refractivity contribution in [1.29, 1.82) is 0 Å². The van der Waals surface area contributed by atoms with E-state index in [0.29, 0.717) is 39.7 Å². The van der Waals surface area contributed by atoms with Gasteiger partial charge in [-0.15, -0.1) is 0 Å². The van der Waals surface area contributed by atoms with E-state index >= 15 is 0 Å². The molecule has 0 N–H and O–H groups in total. The summed E-state index contributed by atoms with van der Waals surface area (Å²) in [7, 11) is 0. The van der Waals surface area contributed by atoms with Crippen LogP contribution in [0.25, 0.3) is 11.1 Å². The molecule has 0 amide bonds. The molecule has 1 aliphatic heterocycles. The summed E-state index contributed by atoms with van der Waals surface area (Å²) in [5.74, 6) is 3.18. The lowest BCUT2D eigenvalue weighted by Crippen LogP contribution is -2.24. The highest BCUT2D eigenvalue weighted by Gasteiger charge is 2.58. The van der Waals surface area contributed by atoms with Crippen molar-refractivity contribution in [1.82, 2.24) is 29.8 Å². The van der Waals surface area contributed by atoms with Crippen molar-refractivity contribution in [3.05, 3.63) is 57.4 Å². The Hall–Kier alpha value is -3.27. The summed E-state index contributed by atoms with van der Waals surface area (Å²) in [6.45, 7) is 3.64. The number of halogens is 1. The number of hydrogen-bond donors (Lipinski definition) is 0. The van der Waals surface area contributed by atoms with Crippen molar-refractivity contribution >= 4 is 28.5 Å². The number of aryl methyl sites for hydroxylation is 1. The van der Waals surface area contributed by atoms with Crippen LogP contribution in [0.2, 0.25) is 5.02 Å². The predicted molar refractivity (Wildman–Crippen MR) is 105 cm³/mol. The number of rotatable bonds is 4. The molecule has 0 aromatic carbocycles. The molecule has 30 heavy (non-hydrogen) atoms. The second kappa shape index (κ2) is 6.36. The highest BCUT2D eigenvalue weighted by molar-refractivity contribution is 6.30. The van der Waals surface area contributed by atoms with E-state index in [-0.39, 0.29) is 23.7 Å². The topological polar surface area (TPSA) is 116 Å². The van der Waals surface area contributed by atoms with Gasteiger partial charge in [-0.1, -0.05) is 21.9 Å². The van der Waals surface area contributed by atoms with Crippen molar-refractivity contribution in [3.63, 3.8) is 0 Å². The molecular formula is C19H16ClN7O3. The third-order valence-corrected chi connectivity index (χ3v) is 6.18. The van der Waals surface area contributed by atoms with Crippen LogP contribution in [0, 0.1) is 18.8 Å². The summed E-state index contributed by atoms with van der Waals surface area (Å²) in [6.07, 6.45) is 3.13. The summed E-state index contributed by atoms with van der Waals surface area (Å²) >= 11 is 6.07. The first-order chi connectivity index (χ1) is 14.6. The third-order valence-electron chi connectivity index (χ3n) is 5.95. The SMILES string of the molecule is Cc1noc2ncn(Cc3nc([C@H]4[C@@H]5CN(c6cc(Cl)ccn6)C[C@@H]54)no3)c(=O)c12. The Bertz CT molecular complexity index is 1320. The maximum atomic E-state index is 12.6. The Morgan fingerprint density at radius 3 is 2.83 bits per heavy atom. The molecule has 6 rings (SSSR count). The molecule has 11 heteroatoms. The number of pyridine rings is 1. The van der Waals surface area contributed by atoms with Gasteiger partial charge in [-0.25, -0.2) is 9.97 Å². The zero-order chi connectivity index (χ0) is 20.4. The number of nitrogens with zero attached hydrogens (tertiary/aromatic N) is 7. The van der Waals surface area contributed by atoms with Gasteiger partial charge in [0.25, 0.3) is 11.3 Å². The minimum Gasteiger partial charge on any atom is -0.356 e. The lowest BCUT2D eigenvalue weighted by Gasteiger charge is -2.20. The van der Waals surface area contributed by atoms with E-state index < -0.39 is 0 Å². The van der Waals surface area contributed by atoms with Crippen LogP contribution in [0.3, 0.4) is 0 Å². The molecule has 1 saturated heterocycles. The van der Waals surface area contributed by atoms with Crippen LogP contribution in [0.5, 0.6) is 0 Å². The Labute approximate surface area is 174 Å². The second-order valence-electron chi connectivity index (χ2n) is 7.76. The lowest BCUT2D eigenvalue weighted by molar-refractivity contribution is 0.363. The van der Waals surface area contributed by atoms with Crippen LogP contribution in [0.1, 0.15) is 23.3 Å². The summed E-state index contributed by atoms with van der Waals surface area (Å²) in [5.41, 5.74) is 0.489. The Kier molecular flexibility index (Phi) is 3.73. The largest absolute Gasteiger partial charge is 0.356 e. The molecule has 10 nitrogen and oxygen atoms in total. The van der Waals surface area contributed by atoms with Crippen LogP contribution in [-0.4, -0.2) is 42.9 Å². The molecule has 2 fully saturated rings. The van der Waals surface area contributed by atoms with E-state index in [1.165, 1.54) is 10.9 Å². The van der Waals surface area contributed by atoms with Gasteiger partial charge in [0, 0.05) is 30.2 Å². The van der Waals surface area contributed by atoms with Gasteiger partial charge in [-0.3, -0.25) is 9.36 Å². The molecular weight excluding hydrogens is 410 g/mol. The molecule has 2 aliphatic rings. The Morgan fingerprint density at radius 2 is 2.03 bits per heavy atom. The Balaban J connectivity index is 1.17. The first-order valence-corrected chi connectivity index (χ1v) is 9.96. The molecule has 0 radical (unpaired) electrons. The fourth-order valence-electron chi connectivity index (χ4n) is 4.40. The first-order valence-electron chi connectivity index (χ1n) is 9.59. The Morgan fingerprint density at radius 1 is 1.20 bits per heavy atom. The molecule has 4 aromatic heterocycles. The molecule has 0 bridgehead atoms. The first kappa shape index (κ1) is 17.6. The van der Waals surface area contributed by atoms with Gasteiger partial charge in [0.05, 0.1) is 5.69 Å². The summed E-state index contributed by atoms with van der Waals surface area (Å²) in [6, 6.07) is 3.65. The smallest absolute Gasteiger partial charge is 0.267 e. The fourth-order valence-corrected chi connectivity index (χ4v) is 4.55. The van der Waals surface area contributed by atoms with E-state index in [0.717, 1.165) is 18.9 Å². The van der Waals surface area contributed by atoms with Gasteiger partial charge in [-0.05, 0) is 30.9 Å². The molecule has 0 unspecified atom stereocenters. The second-order valence-corrected chi connectivity index (χ2v) is 8.20. The van der Waals surface area contributed by atoms with Crippen LogP contribution in [-0.2, 0) is 6.54 Å². The highest BCUT2D eigenvalue weighted by atomic mass is 35.5. The average Bonchev–Trinajstić information content (AvgIpc) is 3.16. The number of hydrogen-bond acceptors (Lipinski definition) is 9. The maximum absolute atomic E-state index is 12.6. The van der Waals surface area contributed by atoms with Crippen LogP contribution in [0.4, 0.5) is 5.82 Å². The van der Waals surface area contributed by atoms with Crippen molar-refractivity contribution in [3.8, 4) is 0 Å². The summed E-state index contributed by atoms with van der Waals surface area (Å²) in [5, 5.41) is 9.00. The van der Waals surface area contributed by atoms with Crippen LogP contribution < -0.4 is 10.5 Å².